The van der Waals surface area contributed by atoms with E-state index in [1.807, 2.05) is 48.0 Å². The summed E-state index contributed by atoms with van der Waals surface area (Å²) in [6.07, 6.45) is 0. The van der Waals surface area contributed by atoms with Gasteiger partial charge >= 0.3 is 0 Å². The Morgan fingerprint density at radius 1 is 1.00 bits per heavy atom. The lowest BCUT2D eigenvalue weighted by Crippen LogP contribution is -2.16. The van der Waals surface area contributed by atoms with E-state index in [1.165, 1.54) is 0 Å². The van der Waals surface area contributed by atoms with Crippen LogP contribution in [0.3, 0.4) is 0 Å². The summed E-state index contributed by atoms with van der Waals surface area (Å²) in [7, 11) is 0. The number of hydrogen-bond donors (Lipinski definition) is 0. The number of aryl methyl sites for hydroxylation is 1. The van der Waals surface area contributed by atoms with E-state index in [0.717, 1.165) is 44.9 Å². The summed E-state index contributed by atoms with van der Waals surface area (Å²) in [5.41, 5.74) is 4.26. The molecule has 0 spiro atoms. The zero-order valence-electron chi connectivity index (χ0n) is 14.2. The van der Waals surface area contributed by atoms with E-state index >= 15 is 0 Å². The molecule has 0 aliphatic carbocycles. The molecule has 6 nitrogen and oxygen atoms in total. The molecule has 26 heavy (non-hydrogen) atoms. The standard InChI is InChI=1S/C19H16N6S/c1-13-20-15-9-5-6-10-17(15)24(13)11-18-21-22-19-25(18)23-16(12-26-19)14-7-3-2-4-8-14/h2-10H,11-12H2,1H3. The zero-order valence-corrected chi connectivity index (χ0v) is 15.0. The zero-order chi connectivity index (χ0) is 17.5. The minimum atomic E-state index is 0.589. The highest BCUT2D eigenvalue weighted by molar-refractivity contribution is 7.99. The van der Waals surface area contributed by atoms with Crippen LogP contribution in [0.1, 0.15) is 17.2 Å². The van der Waals surface area contributed by atoms with Crippen LogP contribution in [-0.4, -0.2) is 35.9 Å². The van der Waals surface area contributed by atoms with E-state index in [4.69, 9.17) is 5.10 Å². The molecule has 0 fully saturated rings. The van der Waals surface area contributed by atoms with E-state index < -0.39 is 0 Å². The maximum absolute atomic E-state index is 4.82. The molecule has 0 amide bonds. The molecule has 2 aromatic heterocycles. The van der Waals surface area contributed by atoms with Gasteiger partial charge in [0, 0.05) is 5.75 Å². The number of para-hydroxylation sites is 2. The van der Waals surface area contributed by atoms with Crippen molar-refractivity contribution in [1.82, 2.24) is 24.4 Å². The third-order valence-corrected chi connectivity index (χ3v) is 5.42. The molecule has 0 N–H and O–H groups in total. The minimum Gasteiger partial charge on any atom is -0.320 e. The molecule has 1 aliphatic rings. The molecule has 2 aromatic carbocycles. The fourth-order valence-electron chi connectivity index (χ4n) is 3.18. The second-order valence-electron chi connectivity index (χ2n) is 6.15. The number of thioether (sulfide) groups is 1. The molecule has 1 aliphatic heterocycles. The molecule has 0 radical (unpaired) electrons. The maximum atomic E-state index is 4.82. The Hall–Kier alpha value is -2.93. The molecular formula is C19H16N6S. The van der Waals surface area contributed by atoms with Crippen LogP contribution in [0.2, 0.25) is 0 Å². The first-order valence-electron chi connectivity index (χ1n) is 8.42. The number of aromatic nitrogens is 5. The Kier molecular flexibility index (Phi) is 3.60. The monoisotopic (exact) mass is 360 g/mol. The van der Waals surface area contributed by atoms with Gasteiger partial charge in [0.2, 0.25) is 5.16 Å². The second-order valence-corrected chi connectivity index (χ2v) is 7.09. The van der Waals surface area contributed by atoms with Crippen molar-refractivity contribution in [2.45, 2.75) is 18.6 Å². The van der Waals surface area contributed by atoms with Crippen LogP contribution < -0.4 is 0 Å². The molecule has 5 rings (SSSR count). The summed E-state index contributed by atoms with van der Waals surface area (Å²) in [5, 5.41) is 14.3. The van der Waals surface area contributed by atoms with Crippen molar-refractivity contribution in [3.63, 3.8) is 0 Å². The molecule has 0 saturated carbocycles. The number of hydrogen-bond acceptors (Lipinski definition) is 5. The first-order chi connectivity index (χ1) is 12.8. The summed E-state index contributed by atoms with van der Waals surface area (Å²) in [5.74, 6) is 2.57. The lowest BCUT2D eigenvalue weighted by molar-refractivity contribution is 0.658. The van der Waals surface area contributed by atoms with Crippen LogP contribution >= 0.6 is 11.8 Å². The quantitative estimate of drug-likeness (QED) is 0.562. The smallest absolute Gasteiger partial charge is 0.212 e. The van der Waals surface area contributed by atoms with Gasteiger partial charge in [0.05, 0.1) is 23.3 Å². The molecule has 4 aromatic rings. The minimum absolute atomic E-state index is 0.589. The highest BCUT2D eigenvalue weighted by atomic mass is 32.2. The predicted octanol–water partition coefficient (Wildman–Crippen LogP) is 3.34. The van der Waals surface area contributed by atoms with E-state index in [2.05, 4.69) is 37.9 Å². The molecule has 0 bridgehead atoms. The van der Waals surface area contributed by atoms with Gasteiger partial charge < -0.3 is 4.57 Å². The molecule has 0 unspecified atom stereocenters. The van der Waals surface area contributed by atoms with Gasteiger partial charge in [-0.15, -0.1) is 10.2 Å². The Labute approximate surface area is 154 Å². The van der Waals surface area contributed by atoms with Crippen LogP contribution in [0, 0.1) is 6.92 Å². The number of benzene rings is 2. The largest absolute Gasteiger partial charge is 0.320 e. The molecule has 128 valence electrons. The van der Waals surface area contributed by atoms with Gasteiger partial charge in [-0.05, 0) is 24.6 Å². The molecular weight excluding hydrogens is 344 g/mol. The molecule has 0 atom stereocenters. The van der Waals surface area contributed by atoms with Crippen molar-refractivity contribution in [2.75, 3.05) is 5.75 Å². The van der Waals surface area contributed by atoms with Gasteiger partial charge in [0.1, 0.15) is 5.82 Å². The molecule has 0 saturated heterocycles. The van der Waals surface area contributed by atoms with Gasteiger partial charge in [-0.1, -0.05) is 54.2 Å². The lowest BCUT2D eigenvalue weighted by Gasteiger charge is -2.14. The maximum Gasteiger partial charge on any atom is 0.212 e. The summed E-state index contributed by atoms with van der Waals surface area (Å²) in [6.45, 7) is 2.60. The van der Waals surface area contributed by atoms with Crippen LogP contribution in [0.15, 0.2) is 64.9 Å². The average molecular weight is 360 g/mol. The second kappa shape index (κ2) is 6.10. The Balaban J connectivity index is 1.56. The summed E-state index contributed by atoms with van der Waals surface area (Å²) in [6, 6.07) is 18.4. The topological polar surface area (TPSA) is 60.9 Å². The Morgan fingerprint density at radius 3 is 2.69 bits per heavy atom. The lowest BCUT2D eigenvalue weighted by atomic mass is 10.1. The fraction of sp³-hybridized carbons (Fsp3) is 0.158. The Bertz CT molecular complexity index is 1130. The van der Waals surface area contributed by atoms with Crippen LogP contribution in [-0.2, 0) is 6.54 Å². The van der Waals surface area contributed by atoms with E-state index in [1.54, 1.807) is 11.8 Å². The van der Waals surface area contributed by atoms with E-state index in [9.17, 15) is 0 Å². The highest BCUT2D eigenvalue weighted by Gasteiger charge is 2.20. The fourth-order valence-corrected chi connectivity index (χ4v) is 4.03. The van der Waals surface area contributed by atoms with Crippen molar-refractivity contribution in [3.8, 4) is 0 Å². The Morgan fingerprint density at radius 2 is 1.81 bits per heavy atom. The first kappa shape index (κ1) is 15.3. The number of rotatable bonds is 3. The van der Waals surface area contributed by atoms with Crippen molar-refractivity contribution in [3.05, 3.63) is 71.8 Å². The number of imidazole rings is 1. The summed E-state index contributed by atoms with van der Waals surface area (Å²) >= 11 is 1.67. The van der Waals surface area contributed by atoms with Gasteiger partial charge in [-0.2, -0.15) is 9.78 Å². The van der Waals surface area contributed by atoms with E-state index in [0.29, 0.717) is 6.54 Å². The van der Waals surface area contributed by atoms with Gasteiger partial charge in [-0.25, -0.2) is 4.98 Å². The molecule has 3 heterocycles. The van der Waals surface area contributed by atoms with Crippen molar-refractivity contribution in [2.24, 2.45) is 5.10 Å². The van der Waals surface area contributed by atoms with Gasteiger partial charge in [0.15, 0.2) is 5.82 Å². The third-order valence-electron chi connectivity index (χ3n) is 4.49. The predicted molar refractivity (Wildman–Crippen MR) is 103 cm³/mol. The van der Waals surface area contributed by atoms with Crippen molar-refractivity contribution >= 4 is 28.5 Å². The van der Waals surface area contributed by atoms with Gasteiger partial charge in [-0.3, -0.25) is 0 Å². The van der Waals surface area contributed by atoms with Crippen LogP contribution in [0.5, 0.6) is 0 Å². The van der Waals surface area contributed by atoms with Crippen LogP contribution in [0.4, 0.5) is 0 Å². The summed E-state index contributed by atoms with van der Waals surface area (Å²) < 4.78 is 4.02. The third kappa shape index (κ3) is 2.52. The van der Waals surface area contributed by atoms with Gasteiger partial charge in [0.25, 0.3) is 0 Å². The SMILES string of the molecule is Cc1nc2ccccc2n1Cc1nnc2n1N=C(c1ccccc1)CS2. The first-order valence-corrected chi connectivity index (χ1v) is 9.40. The number of nitrogens with zero attached hydrogens (tertiary/aromatic N) is 6. The van der Waals surface area contributed by atoms with E-state index in [-0.39, 0.29) is 0 Å². The average Bonchev–Trinajstić information content (AvgIpc) is 3.23. The van der Waals surface area contributed by atoms with Crippen molar-refractivity contribution < 1.29 is 0 Å². The molecule has 7 heteroatoms. The van der Waals surface area contributed by atoms with Crippen LogP contribution in [0.25, 0.3) is 11.0 Å². The normalized spacial score (nSPS) is 13.7. The number of fused-ring (bicyclic) bond motifs is 2. The highest BCUT2D eigenvalue weighted by Crippen LogP contribution is 2.25. The summed E-state index contributed by atoms with van der Waals surface area (Å²) in [4.78, 5) is 4.63. The van der Waals surface area contributed by atoms with Crippen molar-refractivity contribution in [1.29, 1.82) is 0 Å².